The number of Topliss-reactive ketones (excluding diaryl/α,β-unsaturated/α-hetero) is 1. The number of rotatable bonds is 1. The third-order valence-corrected chi connectivity index (χ3v) is 4.02. The normalized spacial score (nSPS) is 50.5. The highest BCUT2D eigenvalue weighted by atomic mass is 16.6. The van der Waals surface area contributed by atoms with Crippen molar-refractivity contribution >= 4 is 11.8 Å². The van der Waals surface area contributed by atoms with E-state index >= 15 is 0 Å². The molecule has 0 saturated heterocycles. The zero-order chi connectivity index (χ0) is 9.22. The molecule has 13 heavy (non-hydrogen) atoms. The number of carbonyl (C=O) groups excluding carboxylic acids is 2. The Morgan fingerprint density at radius 3 is 2.77 bits per heavy atom. The van der Waals surface area contributed by atoms with E-state index in [0.717, 1.165) is 19.3 Å². The highest BCUT2D eigenvalue weighted by molar-refractivity contribution is 5.91. The smallest absolute Gasteiger partial charge is 0.303 e. The number of esters is 1. The van der Waals surface area contributed by atoms with Crippen LogP contribution in [0.2, 0.25) is 0 Å². The number of carbonyl (C=O) groups is 2. The largest absolute Gasteiger partial charge is 0.458 e. The summed E-state index contributed by atoms with van der Waals surface area (Å²) in [6.07, 6.45) is 2.73. The third kappa shape index (κ3) is 0.675. The number of hydrogen-bond acceptors (Lipinski definition) is 3. The van der Waals surface area contributed by atoms with Gasteiger partial charge in [0, 0.05) is 18.8 Å². The summed E-state index contributed by atoms with van der Waals surface area (Å²) in [7, 11) is 0. The van der Waals surface area contributed by atoms with Gasteiger partial charge in [0.25, 0.3) is 0 Å². The molecule has 3 aliphatic carbocycles. The van der Waals surface area contributed by atoms with E-state index in [-0.39, 0.29) is 23.4 Å². The standard InChI is InChI=1S/C10H12O3/c1-5(11)13-10-4-6-2-7(10)3-8(10)9(6)12/h6-8H,2-4H2,1H3. The number of hydrogen-bond donors (Lipinski definition) is 0. The van der Waals surface area contributed by atoms with Crippen molar-refractivity contribution in [3.8, 4) is 0 Å². The van der Waals surface area contributed by atoms with Crippen molar-refractivity contribution in [3.05, 3.63) is 0 Å². The maximum atomic E-state index is 11.6. The van der Waals surface area contributed by atoms with Gasteiger partial charge in [-0.25, -0.2) is 0 Å². The van der Waals surface area contributed by atoms with Crippen LogP contribution in [0.1, 0.15) is 26.2 Å². The quantitative estimate of drug-likeness (QED) is 0.563. The predicted molar refractivity (Wildman–Crippen MR) is 43.8 cm³/mol. The molecule has 3 fully saturated rings. The SMILES string of the molecule is CC(=O)OC12CC3CC1CC2C3=O. The van der Waals surface area contributed by atoms with E-state index in [9.17, 15) is 9.59 Å². The number of fused-ring (bicyclic) bond motifs is 1. The van der Waals surface area contributed by atoms with Crippen LogP contribution >= 0.6 is 0 Å². The molecule has 4 atom stereocenters. The van der Waals surface area contributed by atoms with Gasteiger partial charge in [-0.3, -0.25) is 9.59 Å². The van der Waals surface area contributed by atoms with E-state index in [1.165, 1.54) is 6.92 Å². The molecular formula is C10H12O3. The Balaban J connectivity index is 1.94. The summed E-state index contributed by atoms with van der Waals surface area (Å²) in [5.41, 5.74) is -0.340. The molecule has 3 aliphatic rings. The highest BCUT2D eigenvalue weighted by Gasteiger charge is 2.72. The molecule has 0 spiro atoms. The lowest BCUT2D eigenvalue weighted by atomic mass is 9.60. The van der Waals surface area contributed by atoms with Crippen molar-refractivity contribution < 1.29 is 14.3 Å². The van der Waals surface area contributed by atoms with Crippen LogP contribution in [0.25, 0.3) is 0 Å². The van der Waals surface area contributed by atoms with Crippen LogP contribution in [-0.2, 0) is 14.3 Å². The minimum atomic E-state index is -0.340. The Kier molecular flexibility index (Phi) is 1.14. The van der Waals surface area contributed by atoms with Crippen LogP contribution in [-0.4, -0.2) is 17.4 Å². The zero-order valence-electron chi connectivity index (χ0n) is 7.58. The van der Waals surface area contributed by atoms with Crippen LogP contribution < -0.4 is 0 Å². The van der Waals surface area contributed by atoms with Gasteiger partial charge in [0.05, 0.1) is 5.92 Å². The topological polar surface area (TPSA) is 43.4 Å². The van der Waals surface area contributed by atoms with E-state index in [1.807, 2.05) is 0 Å². The Morgan fingerprint density at radius 2 is 2.31 bits per heavy atom. The first-order valence-corrected chi connectivity index (χ1v) is 4.87. The average Bonchev–Trinajstić information content (AvgIpc) is 2.37. The third-order valence-electron chi connectivity index (χ3n) is 4.02. The second-order valence-electron chi connectivity index (χ2n) is 4.57. The molecule has 3 nitrogen and oxygen atoms in total. The van der Waals surface area contributed by atoms with Gasteiger partial charge in [-0.2, -0.15) is 0 Å². The van der Waals surface area contributed by atoms with Gasteiger partial charge in [0.2, 0.25) is 0 Å². The zero-order valence-corrected chi connectivity index (χ0v) is 7.58. The van der Waals surface area contributed by atoms with Crippen molar-refractivity contribution in [2.75, 3.05) is 0 Å². The monoisotopic (exact) mass is 180 g/mol. The van der Waals surface area contributed by atoms with Crippen LogP contribution in [0.5, 0.6) is 0 Å². The van der Waals surface area contributed by atoms with E-state index in [0.29, 0.717) is 11.7 Å². The molecule has 4 unspecified atom stereocenters. The van der Waals surface area contributed by atoms with Crippen molar-refractivity contribution in [2.24, 2.45) is 17.8 Å². The highest BCUT2D eigenvalue weighted by Crippen LogP contribution is 2.65. The first kappa shape index (κ1) is 7.54. The van der Waals surface area contributed by atoms with Gasteiger partial charge in [-0.1, -0.05) is 0 Å². The lowest BCUT2D eigenvalue weighted by Gasteiger charge is -2.49. The van der Waals surface area contributed by atoms with E-state index in [1.54, 1.807) is 0 Å². The van der Waals surface area contributed by atoms with Crippen molar-refractivity contribution in [2.45, 2.75) is 31.8 Å². The van der Waals surface area contributed by atoms with Crippen LogP contribution in [0.4, 0.5) is 0 Å². The fourth-order valence-corrected chi connectivity index (χ4v) is 3.55. The molecule has 70 valence electrons. The van der Waals surface area contributed by atoms with Crippen LogP contribution in [0.3, 0.4) is 0 Å². The van der Waals surface area contributed by atoms with E-state index < -0.39 is 0 Å². The Labute approximate surface area is 76.4 Å². The Bertz CT molecular complexity index is 309. The summed E-state index contributed by atoms with van der Waals surface area (Å²) in [5.74, 6) is 0.876. The molecule has 0 heterocycles. The molecule has 0 aromatic carbocycles. The molecule has 3 rings (SSSR count). The lowest BCUT2D eigenvalue weighted by Crippen LogP contribution is -2.57. The first-order chi connectivity index (χ1) is 6.13. The predicted octanol–water partition coefficient (Wildman–Crippen LogP) is 0.917. The maximum absolute atomic E-state index is 11.6. The summed E-state index contributed by atoms with van der Waals surface area (Å²) in [6.45, 7) is 1.43. The van der Waals surface area contributed by atoms with Gasteiger partial charge < -0.3 is 4.74 Å². The molecule has 3 heteroatoms. The van der Waals surface area contributed by atoms with Gasteiger partial charge >= 0.3 is 5.97 Å². The second-order valence-corrected chi connectivity index (χ2v) is 4.57. The molecule has 0 N–H and O–H groups in total. The minimum absolute atomic E-state index is 0.0557. The maximum Gasteiger partial charge on any atom is 0.303 e. The average molecular weight is 180 g/mol. The molecule has 0 aliphatic heterocycles. The van der Waals surface area contributed by atoms with Crippen molar-refractivity contribution in [1.29, 1.82) is 0 Å². The summed E-state index contributed by atoms with van der Waals surface area (Å²) in [6, 6.07) is 0. The number of ether oxygens (including phenoxy) is 1. The molecule has 0 aromatic heterocycles. The Hall–Kier alpha value is -0.860. The van der Waals surface area contributed by atoms with Crippen molar-refractivity contribution in [3.63, 3.8) is 0 Å². The molecule has 0 radical (unpaired) electrons. The second kappa shape index (κ2) is 1.97. The van der Waals surface area contributed by atoms with E-state index in [2.05, 4.69) is 0 Å². The molecular weight excluding hydrogens is 168 g/mol. The summed E-state index contributed by atoms with van der Waals surface area (Å²) >= 11 is 0. The summed E-state index contributed by atoms with van der Waals surface area (Å²) in [5, 5.41) is 0. The fraction of sp³-hybridized carbons (Fsp3) is 0.800. The molecule has 3 saturated carbocycles. The van der Waals surface area contributed by atoms with Crippen LogP contribution in [0.15, 0.2) is 0 Å². The van der Waals surface area contributed by atoms with E-state index in [4.69, 9.17) is 4.74 Å². The van der Waals surface area contributed by atoms with Crippen molar-refractivity contribution in [1.82, 2.24) is 0 Å². The van der Waals surface area contributed by atoms with Gasteiger partial charge in [0.1, 0.15) is 11.4 Å². The van der Waals surface area contributed by atoms with Gasteiger partial charge in [0.15, 0.2) is 0 Å². The minimum Gasteiger partial charge on any atom is -0.458 e. The summed E-state index contributed by atoms with van der Waals surface area (Å²) in [4.78, 5) is 22.5. The lowest BCUT2D eigenvalue weighted by molar-refractivity contribution is -0.190. The summed E-state index contributed by atoms with van der Waals surface area (Å²) < 4.78 is 5.36. The van der Waals surface area contributed by atoms with Gasteiger partial charge in [-0.05, 0) is 19.3 Å². The molecule has 2 bridgehead atoms. The molecule has 0 aromatic rings. The fourth-order valence-electron chi connectivity index (χ4n) is 3.55. The first-order valence-electron chi connectivity index (χ1n) is 4.87. The Morgan fingerprint density at radius 1 is 1.54 bits per heavy atom. The van der Waals surface area contributed by atoms with Crippen LogP contribution in [0, 0.1) is 17.8 Å². The number of ketones is 1. The van der Waals surface area contributed by atoms with Gasteiger partial charge in [-0.15, -0.1) is 0 Å². The molecule has 0 amide bonds.